The number of nitrogens with one attached hydrogen (secondary N) is 3. The highest BCUT2D eigenvalue weighted by atomic mass is 127. The van der Waals surface area contributed by atoms with Crippen molar-refractivity contribution in [2.24, 2.45) is 4.99 Å². The summed E-state index contributed by atoms with van der Waals surface area (Å²) < 4.78 is 33.9. The number of nitrogens with zero attached hydrogens (tertiary/aromatic N) is 1. The van der Waals surface area contributed by atoms with E-state index >= 15 is 0 Å². The zero-order chi connectivity index (χ0) is 22.5. The molecule has 1 aliphatic heterocycles. The smallest absolute Gasteiger partial charge is 0.241 e. The molecule has 176 valence electrons. The summed E-state index contributed by atoms with van der Waals surface area (Å²) >= 11 is 0. The van der Waals surface area contributed by atoms with Crippen molar-refractivity contribution < 1.29 is 13.2 Å². The predicted octanol–water partition coefficient (Wildman–Crippen LogP) is 3.22. The normalized spacial score (nSPS) is 13.7. The van der Waals surface area contributed by atoms with Crippen LogP contribution in [0.3, 0.4) is 0 Å². The Morgan fingerprint density at radius 1 is 1.12 bits per heavy atom. The van der Waals surface area contributed by atoms with E-state index in [1.807, 2.05) is 39.0 Å². The van der Waals surface area contributed by atoms with Crippen LogP contribution in [-0.4, -0.2) is 40.1 Å². The number of hydrogen-bond donors (Lipinski definition) is 3. The number of guanidine groups is 1. The second-order valence-corrected chi connectivity index (χ2v) is 10.3. The zero-order valence-corrected chi connectivity index (χ0v) is 22.2. The van der Waals surface area contributed by atoms with Crippen LogP contribution in [0.15, 0.2) is 52.4 Å². The lowest BCUT2D eigenvalue weighted by molar-refractivity contribution is 0.357. The van der Waals surface area contributed by atoms with Gasteiger partial charge < -0.3 is 15.4 Å². The first-order valence-electron chi connectivity index (χ1n) is 10.5. The minimum Gasteiger partial charge on any atom is -0.493 e. The van der Waals surface area contributed by atoms with E-state index in [1.165, 1.54) is 11.1 Å². The van der Waals surface area contributed by atoms with Crippen molar-refractivity contribution in [2.45, 2.75) is 50.6 Å². The maximum atomic E-state index is 12.8. The molecule has 2 aromatic carbocycles. The minimum absolute atomic E-state index is 0. The van der Waals surface area contributed by atoms with Gasteiger partial charge in [-0.25, -0.2) is 13.1 Å². The summed E-state index contributed by atoms with van der Waals surface area (Å²) in [6.45, 7) is 7.29. The third-order valence-electron chi connectivity index (χ3n) is 4.83. The molecule has 0 amide bonds. The molecule has 0 fully saturated rings. The van der Waals surface area contributed by atoms with Gasteiger partial charge in [-0.1, -0.05) is 30.3 Å². The third kappa shape index (κ3) is 7.35. The standard InChI is InChI=1S/C23H32N4O3S.HI/c1-23(2,3)27-31(28,29)21-8-6-5-7-19(21)16-26-22(24-4)25-13-11-17-9-10-20-18(15-17)12-14-30-20;/h5-10,15,27H,11-14,16H2,1-4H3,(H2,24,25,26);1H. The van der Waals surface area contributed by atoms with Crippen molar-refractivity contribution >= 4 is 40.0 Å². The molecule has 0 atom stereocenters. The molecule has 1 aliphatic rings. The lowest BCUT2D eigenvalue weighted by atomic mass is 10.1. The van der Waals surface area contributed by atoms with Crippen LogP contribution in [0.4, 0.5) is 0 Å². The fourth-order valence-electron chi connectivity index (χ4n) is 3.49. The number of aliphatic imine (C=N–C) groups is 1. The number of fused-ring (bicyclic) bond motifs is 1. The van der Waals surface area contributed by atoms with Crippen molar-refractivity contribution in [3.8, 4) is 5.75 Å². The van der Waals surface area contributed by atoms with Crippen molar-refractivity contribution in [3.63, 3.8) is 0 Å². The Bertz CT molecular complexity index is 1050. The fourth-order valence-corrected chi connectivity index (χ4v) is 5.15. The molecule has 0 bridgehead atoms. The van der Waals surface area contributed by atoms with Gasteiger partial charge in [0.15, 0.2) is 5.96 Å². The molecule has 9 heteroatoms. The van der Waals surface area contributed by atoms with Gasteiger partial charge in [-0.2, -0.15) is 0 Å². The van der Waals surface area contributed by atoms with Crippen molar-refractivity contribution in [2.75, 3.05) is 20.2 Å². The van der Waals surface area contributed by atoms with E-state index in [0.717, 1.165) is 25.2 Å². The lowest BCUT2D eigenvalue weighted by Gasteiger charge is -2.22. The van der Waals surface area contributed by atoms with Crippen LogP contribution in [0.25, 0.3) is 0 Å². The molecule has 0 saturated carbocycles. The summed E-state index contributed by atoms with van der Waals surface area (Å²) in [7, 11) is -1.92. The third-order valence-corrected chi connectivity index (χ3v) is 6.69. The highest BCUT2D eigenvalue weighted by molar-refractivity contribution is 14.0. The molecule has 0 aromatic heterocycles. The van der Waals surface area contributed by atoms with Crippen LogP contribution >= 0.6 is 24.0 Å². The molecule has 3 rings (SSSR count). The molecule has 0 saturated heterocycles. The summed E-state index contributed by atoms with van der Waals surface area (Å²) in [5.74, 6) is 1.62. The van der Waals surface area contributed by atoms with Crippen molar-refractivity contribution in [1.82, 2.24) is 15.4 Å². The maximum absolute atomic E-state index is 12.8. The lowest BCUT2D eigenvalue weighted by Crippen LogP contribution is -2.41. The Balaban J connectivity index is 0.00000363. The molecule has 0 spiro atoms. The summed E-state index contributed by atoms with van der Waals surface area (Å²) in [4.78, 5) is 4.52. The number of ether oxygens (including phenoxy) is 1. The second kappa shape index (κ2) is 11.3. The van der Waals surface area contributed by atoms with E-state index in [2.05, 4.69) is 32.5 Å². The molecule has 0 aliphatic carbocycles. The van der Waals surface area contributed by atoms with Gasteiger partial charge in [0.25, 0.3) is 0 Å². The van der Waals surface area contributed by atoms with Crippen LogP contribution in [0.1, 0.15) is 37.5 Å². The molecular formula is C23H33IN4O3S. The van der Waals surface area contributed by atoms with E-state index in [9.17, 15) is 8.42 Å². The topological polar surface area (TPSA) is 91.8 Å². The molecule has 2 aromatic rings. The minimum atomic E-state index is -3.62. The van der Waals surface area contributed by atoms with Gasteiger partial charge in [0.1, 0.15) is 5.75 Å². The van der Waals surface area contributed by atoms with Crippen molar-refractivity contribution in [3.05, 3.63) is 59.2 Å². The van der Waals surface area contributed by atoms with E-state index < -0.39 is 15.6 Å². The van der Waals surface area contributed by atoms with Gasteiger partial charge in [0, 0.05) is 32.1 Å². The molecule has 32 heavy (non-hydrogen) atoms. The number of rotatable bonds is 7. The van der Waals surface area contributed by atoms with E-state index in [1.54, 1.807) is 19.2 Å². The zero-order valence-electron chi connectivity index (χ0n) is 19.1. The van der Waals surface area contributed by atoms with Crippen LogP contribution in [0.2, 0.25) is 0 Å². The largest absolute Gasteiger partial charge is 0.493 e. The Morgan fingerprint density at radius 3 is 2.59 bits per heavy atom. The highest BCUT2D eigenvalue weighted by Crippen LogP contribution is 2.25. The Labute approximate surface area is 208 Å². The van der Waals surface area contributed by atoms with E-state index in [-0.39, 0.29) is 28.9 Å². The van der Waals surface area contributed by atoms with Gasteiger partial charge >= 0.3 is 0 Å². The van der Waals surface area contributed by atoms with Gasteiger partial charge in [-0.3, -0.25) is 4.99 Å². The number of hydrogen-bond acceptors (Lipinski definition) is 4. The molecule has 3 N–H and O–H groups in total. The molecule has 1 heterocycles. The van der Waals surface area contributed by atoms with Crippen LogP contribution in [0, 0.1) is 0 Å². The van der Waals surface area contributed by atoms with E-state index in [4.69, 9.17) is 4.74 Å². The van der Waals surface area contributed by atoms with E-state index in [0.29, 0.717) is 24.6 Å². The van der Waals surface area contributed by atoms with Gasteiger partial charge in [0.05, 0.1) is 11.5 Å². The summed E-state index contributed by atoms with van der Waals surface area (Å²) in [6.07, 6.45) is 1.82. The predicted molar refractivity (Wildman–Crippen MR) is 139 cm³/mol. The quantitative estimate of drug-likeness (QED) is 0.269. The van der Waals surface area contributed by atoms with Crippen molar-refractivity contribution in [1.29, 1.82) is 0 Å². The number of benzene rings is 2. The molecule has 0 radical (unpaired) electrons. The summed E-state index contributed by atoms with van der Waals surface area (Å²) in [5, 5.41) is 6.51. The molecule has 0 unspecified atom stereocenters. The van der Waals surface area contributed by atoms with Crippen LogP contribution in [0.5, 0.6) is 5.75 Å². The summed E-state index contributed by atoms with van der Waals surface area (Å²) in [5.41, 5.74) is 2.64. The fraction of sp³-hybridized carbons (Fsp3) is 0.435. The monoisotopic (exact) mass is 572 g/mol. The Morgan fingerprint density at radius 2 is 1.88 bits per heavy atom. The molecular weight excluding hydrogens is 539 g/mol. The van der Waals surface area contributed by atoms with Crippen LogP contribution in [-0.2, 0) is 29.4 Å². The summed E-state index contributed by atoms with van der Waals surface area (Å²) in [6, 6.07) is 13.3. The van der Waals surface area contributed by atoms with Gasteiger partial charge in [-0.15, -0.1) is 24.0 Å². The number of halogens is 1. The average Bonchev–Trinajstić information content (AvgIpc) is 3.17. The highest BCUT2D eigenvalue weighted by Gasteiger charge is 2.24. The second-order valence-electron chi connectivity index (χ2n) is 8.61. The van der Waals surface area contributed by atoms with Crippen LogP contribution < -0.4 is 20.1 Å². The van der Waals surface area contributed by atoms with Gasteiger partial charge in [-0.05, 0) is 56.0 Å². The SMILES string of the molecule is CN=C(NCCc1ccc2c(c1)CCO2)NCc1ccccc1S(=O)(=O)NC(C)(C)C.I. The molecule has 7 nitrogen and oxygen atoms in total. The van der Waals surface area contributed by atoms with Gasteiger partial charge in [0.2, 0.25) is 10.0 Å². The first kappa shape index (κ1) is 26.4. The average molecular weight is 573 g/mol. The first-order chi connectivity index (χ1) is 14.7. The Kier molecular flexibility index (Phi) is 9.35. The maximum Gasteiger partial charge on any atom is 0.241 e. The number of sulfonamides is 1. The first-order valence-corrected chi connectivity index (χ1v) is 12.0. The Hall–Kier alpha value is -1.85.